The van der Waals surface area contributed by atoms with Gasteiger partial charge in [-0.3, -0.25) is 0 Å². The molecule has 4 nitrogen and oxygen atoms in total. The third-order valence-electron chi connectivity index (χ3n) is 3.04. The summed E-state index contributed by atoms with van der Waals surface area (Å²) in [6.07, 6.45) is 0.912. The van der Waals surface area contributed by atoms with Crippen molar-refractivity contribution >= 4 is 21.6 Å². The van der Waals surface area contributed by atoms with Crippen molar-refractivity contribution in [2.24, 2.45) is 5.92 Å². The van der Waals surface area contributed by atoms with Gasteiger partial charge < -0.3 is 4.74 Å². The van der Waals surface area contributed by atoms with E-state index in [0.717, 1.165) is 13.0 Å². The summed E-state index contributed by atoms with van der Waals surface area (Å²) in [7, 11) is -1.86. The number of rotatable bonds is 4. The van der Waals surface area contributed by atoms with Gasteiger partial charge in [0.25, 0.3) is 0 Å². The molecule has 1 aromatic rings. The first-order chi connectivity index (χ1) is 8.50. The maximum Gasteiger partial charge on any atom is 0.242 e. The maximum atomic E-state index is 12.3. The molecule has 100 valence electrons. The molecule has 6 heteroatoms. The Morgan fingerprint density at radius 3 is 2.89 bits per heavy atom. The second-order valence-electron chi connectivity index (χ2n) is 4.47. The molecule has 0 aromatic heterocycles. The Bertz CT molecular complexity index is 512. The van der Waals surface area contributed by atoms with E-state index in [-0.39, 0.29) is 10.8 Å². The molecule has 1 saturated heterocycles. The summed E-state index contributed by atoms with van der Waals surface area (Å²) in [6.45, 7) is 1.83. The van der Waals surface area contributed by atoms with Crippen LogP contribution in [0.4, 0.5) is 0 Å². The number of hydrogen-bond acceptors (Lipinski definition) is 3. The smallest absolute Gasteiger partial charge is 0.242 e. The van der Waals surface area contributed by atoms with Gasteiger partial charge in [-0.05, 0) is 30.5 Å². The number of benzene rings is 1. The third kappa shape index (κ3) is 3.03. The largest absolute Gasteiger partial charge is 0.381 e. The van der Waals surface area contributed by atoms with E-state index in [9.17, 15) is 8.42 Å². The number of halogens is 1. The molecule has 0 bridgehead atoms. The van der Waals surface area contributed by atoms with Crippen LogP contribution in [0.25, 0.3) is 0 Å². The molecule has 2 rings (SSSR count). The van der Waals surface area contributed by atoms with Crippen molar-refractivity contribution in [1.29, 1.82) is 0 Å². The lowest BCUT2D eigenvalue weighted by Crippen LogP contribution is -2.32. The van der Waals surface area contributed by atoms with E-state index >= 15 is 0 Å². The van der Waals surface area contributed by atoms with Crippen LogP contribution < -0.4 is 0 Å². The van der Waals surface area contributed by atoms with Gasteiger partial charge in [-0.25, -0.2) is 12.7 Å². The summed E-state index contributed by atoms with van der Waals surface area (Å²) >= 11 is 5.82. The van der Waals surface area contributed by atoms with Crippen LogP contribution in [0.15, 0.2) is 29.2 Å². The predicted molar refractivity (Wildman–Crippen MR) is 70.2 cm³/mol. The first-order valence-corrected chi connectivity index (χ1v) is 7.61. The molecule has 0 spiro atoms. The molecule has 1 heterocycles. The van der Waals surface area contributed by atoms with E-state index in [1.54, 1.807) is 25.2 Å². The third-order valence-corrected chi connectivity index (χ3v) is 5.10. The molecule has 18 heavy (non-hydrogen) atoms. The van der Waals surface area contributed by atoms with Crippen molar-refractivity contribution < 1.29 is 13.2 Å². The van der Waals surface area contributed by atoms with E-state index in [1.807, 2.05) is 0 Å². The van der Waals surface area contributed by atoms with Gasteiger partial charge in [0.05, 0.1) is 11.5 Å². The molecule has 1 aliphatic rings. The number of ether oxygens (including phenoxy) is 1. The van der Waals surface area contributed by atoms with Crippen LogP contribution >= 0.6 is 11.6 Å². The van der Waals surface area contributed by atoms with Crippen LogP contribution in [-0.4, -0.2) is 39.5 Å². The van der Waals surface area contributed by atoms with Gasteiger partial charge in [0.1, 0.15) is 0 Å². The molecule has 0 saturated carbocycles. The van der Waals surface area contributed by atoms with Crippen molar-refractivity contribution in [3.05, 3.63) is 29.3 Å². The van der Waals surface area contributed by atoms with Gasteiger partial charge in [-0.1, -0.05) is 17.7 Å². The highest BCUT2D eigenvalue weighted by Gasteiger charge is 2.25. The Kier molecular flexibility index (Phi) is 4.27. The normalized spacial score (nSPS) is 20.5. The van der Waals surface area contributed by atoms with Gasteiger partial charge in [0, 0.05) is 25.2 Å². The molecule has 0 radical (unpaired) electrons. The van der Waals surface area contributed by atoms with Gasteiger partial charge in [-0.2, -0.15) is 0 Å². The standard InChI is InChI=1S/C12H16ClNO3S/c1-14(8-10-5-6-17-9-10)18(15,16)12-4-2-3-11(13)7-12/h2-4,7,10H,5-6,8-9H2,1H3. The summed E-state index contributed by atoms with van der Waals surface area (Å²) < 4.78 is 31.2. The van der Waals surface area contributed by atoms with Crippen molar-refractivity contribution in [3.63, 3.8) is 0 Å². The van der Waals surface area contributed by atoms with E-state index < -0.39 is 10.0 Å². The van der Waals surface area contributed by atoms with Crippen molar-refractivity contribution in [3.8, 4) is 0 Å². The summed E-state index contributed by atoms with van der Waals surface area (Å²) in [4.78, 5) is 0.233. The highest BCUT2D eigenvalue weighted by atomic mass is 35.5. The lowest BCUT2D eigenvalue weighted by molar-refractivity contribution is 0.182. The predicted octanol–water partition coefficient (Wildman–Crippen LogP) is 2.00. The highest BCUT2D eigenvalue weighted by Crippen LogP contribution is 2.21. The minimum absolute atomic E-state index is 0.233. The Labute approximate surface area is 113 Å². The van der Waals surface area contributed by atoms with Crippen molar-refractivity contribution in [1.82, 2.24) is 4.31 Å². The highest BCUT2D eigenvalue weighted by molar-refractivity contribution is 7.89. The molecule has 1 aromatic carbocycles. The van der Waals surface area contributed by atoms with E-state index in [1.165, 1.54) is 10.4 Å². The molecule has 1 fully saturated rings. The summed E-state index contributed by atoms with van der Waals surface area (Å²) in [5.74, 6) is 0.281. The fourth-order valence-electron chi connectivity index (χ4n) is 2.00. The fourth-order valence-corrected chi connectivity index (χ4v) is 3.54. The van der Waals surface area contributed by atoms with Gasteiger partial charge in [0.2, 0.25) is 10.0 Å². The zero-order chi connectivity index (χ0) is 13.2. The van der Waals surface area contributed by atoms with E-state index in [0.29, 0.717) is 18.2 Å². The lowest BCUT2D eigenvalue weighted by Gasteiger charge is -2.20. The topological polar surface area (TPSA) is 46.6 Å². The maximum absolute atomic E-state index is 12.3. The quantitative estimate of drug-likeness (QED) is 0.852. The molecule has 0 aliphatic carbocycles. The van der Waals surface area contributed by atoms with Crippen LogP contribution in [-0.2, 0) is 14.8 Å². The van der Waals surface area contributed by atoms with E-state index in [2.05, 4.69) is 0 Å². The van der Waals surface area contributed by atoms with E-state index in [4.69, 9.17) is 16.3 Å². The average molecular weight is 290 g/mol. The van der Waals surface area contributed by atoms with Gasteiger partial charge >= 0.3 is 0 Å². The van der Waals surface area contributed by atoms with Crippen LogP contribution in [0.2, 0.25) is 5.02 Å². The average Bonchev–Trinajstić information content (AvgIpc) is 2.81. The molecule has 1 unspecified atom stereocenters. The monoisotopic (exact) mass is 289 g/mol. The molecule has 1 aliphatic heterocycles. The number of sulfonamides is 1. The van der Waals surface area contributed by atoms with Gasteiger partial charge in [-0.15, -0.1) is 0 Å². The van der Waals surface area contributed by atoms with Crippen LogP contribution in [0.3, 0.4) is 0 Å². The molecular formula is C12H16ClNO3S. The number of hydrogen-bond donors (Lipinski definition) is 0. The fraction of sp³-hybridized carbons (Fsp3) is 0.500. The Morgan fingerprint density at radius 2 is 2.28 bits per heavy atom. The minimum atomic E-state index is -3.46. The Hall–Kier alpha value is -0.620. The summed E-state index contributed by atoms with van der Waals surface area (Å²) in [5, 5.41) is 0.425. The van der Waals surface area contributed by atoms with Gasteiger partial charge in [0.15, 0.2) is 0 Å². The Morgan fingerprint density at radius 1 is 1.50 bits per heavy atom. The first-order valence-electron chi connectivity index (χ1n) is 5.80. The molecule has 0 amide bonds. The summed E-state index contributed by atoms with van der Waals surface area (Å²) in [5.41, 5.74) is 0. The molecular weight excluding hydrogens is 274 g/mol. The lowest BCUT2D eigenvalue weighted by atomic mass is 10.1. The Balaban J connectivity index is 2.14. The van der Waals surface area contributed by atoms with Crippen molar-refractivity contribution in [2.75, 3.05) is 26.8 Å². The van der Waals surface area contributed by atoms with Crippen LogP contribution in [0.5, 0.6) is 0 Å². The first kappa shape index (κ1) is 13.8. The molecule has 1 atom stereocenters. The van der Waals surface area contributed by atoms with Crippen LogP contribution in [0.1, 0.15) is 6.42 Å². The minimum Gasteiger partial charge on any atom is -0.381 e. The molecule has 0 N–H and O–H groups in total. The second-order valence-corrected chi connectivity index (χ2v) is 6.95. The van der Waals surface area contributed by atoms with Crippen molar-refractivity contribution in [2.45, 2.75) is 11.3 Å². The van der Waals surface area contributed by atoms with Crippen LogP contribution in [0, 0.1) is 5.92 Å². The second kappa shape index (κ2) is 5.57. The SMILES string of the molecule is CN(CC1CCOC1)S(=O)(=O)c1cccc(Cl)c1. The zero-order valence-corrected chi connectivity index (χ0v) is 11.7. The number of nitrogens with zero attached hydrogens (tertiary/aromatic N) is 1. The zero-order valence-electron chi connectivity index (χ0n) is 10.2. The summed E-state index contributed by atoms with van der Waals surface area (Å²) in [6, 6.07) is 6.33.